The van der Waals surface area contributed by atoms with Crippen LogP contribution in [0.5, 0.6) is 0 Å². The Morgan fingerprint density at radius 2 is 1.68 bits per heavy atom. The molecule has 1 aromatic rings. The molecule has 106 valence electrons. The normalized spacial score (nSPS) is 18.7. The van der Waals surface area contributed by atoms with Crippen LogP contribution in [0.1, 0.15) is 50.3 Å². The maximum absolute atomic E-state index is 6.34. The Morgan fingerprint density at radius 1 is 1.05 bits per heavy atom. The number of nitrogens with two attached hydrogens (primary N) is 1. The predicted octanol–water partition coefficient (Wildman–Crippen LogP) is 3.37. The first-order valence-electron chi connectivity index (χ1n) is 7.72. The van der Waals surface area contributed by atoms with Crippen molar-refractivity contribution in [2.45, 2.75) is 45.6 Å². The van der Waals surface area contributed by atoms with Crippen LogP contribution in [-0.2, 0) is 6.42 Å². The van der Waals surface area contributed by atoms with E-state index in [1.807, 2.05) is 0 Å². The van der Waals surface area contributed by atoms with E-state index in [0.717, 1.165) is 13.0 Å². The average Bonchev–Trinajstić information content (AvgIpc) is 2.40. The van der Waals surface area contributed by atoms with Gasteiger partial charge < -0.3 is 10.6 Å². The standard InChI is InChI=1S/C17H28N2/c1-14(2)12-15-6-8-16(9-7-15)17(18)13-19-10-4-3-5-11-19/h6-9,14,17H,3-5,10-13,18H2,1-2H3. The second-order valence-corrected chi connectivity index (χ2v) is 6.31. The summed E-state index contributed by atoms with van der Waals surface area (Å²) in [5.74, 6) is 0.716. The summed E-state index contributed by atoms with van der Waals surface area (Å²) in [7, 11) is 0. The molecule has 1 saturated heterocycles. The van der Waals surface area contributed by atoms with Gasteiger partial charge in [-0.1, -0.05) is 44.5 Å². The fraction of sp³-hybridized carbons (Fsp3) is 0.647. The Bertz CT molecular complexity index is 363. The first-order chi connectivity index (χ1) is 9.15. The molecule has 0 amide bonds. The van der Waals surface area contributed by atoms with Gasteiger partial charge in [0.05, 0.1) is 0 Å². The number of piperidine rings is 1. The van der Waals surface area contributed by atoms with Crippen LogP contribution in [0.25, 0.3) is 0 Å². The molecular formula is C17H28N2. The fourth-order valence-corrected chi connectivity index (χ4v) is 2.90. The lowest BCUT2D eigenvalue weighted by molar-refractivity contribution is 0.216. The summed E-state index contributed by atoms with van der Waals surface area (Å²) in [5, 5.41) is 0. The molecule has 1 fully saturated rings. The molecule has 2 heteroatoms. The van der Waals surface area contributed by atoms with Gasteiger partial charge in [0.2, 0.25) is 0 Å². The van der Waals surface area contributed by atoms with E-state index < -0.39 is 0 Å². The zero-order chi connectivity index (χ0) is 13.7. The topological polar surface area (TPSA) is 29.3 Å². The largest absolute Gasteiger partial charge is 0.323 e. The molecule has 0 saturated carbocycles. The van der Waals surface area contributed by atoms with Gasteiger partial charge >= 0.3 is 0 Å². The molecule has 0 spiro atoms. The van der Waals surface area contributed by atoms with Gasteiger partial charge in [-0.15, -0.1) is 0 Å². The van der Waals surface area contributed by atoms with E-state index in [0.29, 0.717) is 5.92 Å². The van der Waals surface area contributed by atoms with E-state index >= 15 is 0 Å². The fourth-order valence-electron chi connectivity index (χ4n) is 2.90. The minimum atomic E-state index is 0.159. The van der Waals surface area contributed by atoms with Crippen molar-refractivity contribution >= 4 is 0 Å². The lowest BCUT2D eigenvalue weighted by atomic mass is 9.99. The number of hydrogen-bond donors (Lipinski definition) is 1. The summed E-state index contributed by atoms with van der Waals surface area (Å²) >= 11 is 0. The molecule has 2 rings (SSSR count). The SMILES string of the molecule is CC(C)Cc1ccc(C(N)CN2CCCCC2)cc1. The summed E-state index contributed by atoms with van der Waals surface area (Å²) in [5.41, 5.74) is 9.03. The second-order valence-electron chi connectivity index (χ2n) is 6.31. The van der Waals surface area contributed by atoms with Gasteiger partial charge in [0, 0.05) is 12.6 Å². The van der Waals surface area contributed by atoms with Crippen LogP contribution >= 0.6 is 0 Å². The smallest absolute Gasteiger partial charge is 0.0424 e. The van der Waals surface area contributed by atoms with E-state index in [2.05, 4.69) is 43.0 Å². The lowest BCUT2D eigenvalue weighted by Gasteiger charge is -2.29. The summed E-state index contributed by atoms with van der Waals surface area (Å²) in [6.07, 6.45) is 5.21. The highest BCUT2D eigenvalue weighted by Gasteiger charge is 2.14. The van der Waals surface area contributed by atoms with Crippen LogP contribution in [0.4, 0.5) is 0 Å². The predicted molar refractivity (Wildman–Crippen MR) is 82.2 cm³/mol. The Morgan fingerprint density at radius 3 is 2.26 bits per heavy atom. The third-order valence-corrected chi connectivity index (χ3v) is 3.96. The van der Waals surface area contributed by atoms with Crippen molar-refractivity contribution in [2.75, 3.05) is 19.6 Å². The van der Waals surface area contributed by atoms with E-state index in [9.17, 15) is 0 Å². The molecule has 0 radical (unpaired) electrons. The van der Waals surface area contributed by atoms with Gasteiger partial charge in [-0.25, -0.2) is 0 Å². The Kier molecular flexibility index (Phi) is 5.41. The van der Waals surface area contributed by atoms with Crippen molar-refractivity contribution < 1.29 is 0 Å². The van der Waals surface area contributed by atoms with E-state index in [-0.39, 0.29) is 6.04 Å². The van der Waals surface area contributed by atoms with Gasteiger partial charge in [-0.2, -0.15) is 0 Å². The van der Waals surface area contributed by atoms with Crippen LogP contribution < -0.4 is 5.73 Å². The molecule has 1 aliphatic rings. The summed E-state index contributed by atoms with van der Waals surface area (Å²) < 4.78 is 0. The number of likely N-dealkylation sites (tertiary alicyclic amines) is 1. The summed E-state index contributed by atoms with van der Waals surface area (Å²) in [6, 6.07) is 9.07. The molecule has 2 nitrogen and oxygen atoms in total. The van der Waals surface area contributed by atoms with Gasteiger partial charge in [0.15, 0.2) is 0 Å². The summed E-state index contributed by atoms with van der Waals surface area (Å²) in [4.78, 5) is 2.51. The first-order valence-corrected chi connectivity index (χ1v) is 7.72. The quantitative estimate of drug-likeness (QED) is 0.879. The third-order valence-electron chi connectivity index (χ3n) is 3.96. The molecule has 19 heavy (non-hydrogen) atoms. The minimum absolute atomic E-state index is 0.159. The maximum atomic E-state index is 6.34. The van der Waals surface area contributed by atoms with E-state index in [1.54, 1.807) is 0 Å². The van der Waals surface area contributed by atoms with Crippen molar-refractivity contribution in [3.8, 4) is 0 Å². The lowest BCUT2D eigenvalue weighted by Crippen LogP contribution is -2.36. The molecule has 0 aliphatic carbocycles. The van der Waals surface area contributed by atoms with E-state index in [4.69, 9.17) is 5.73 Å². The first kappa shape index (κ1) is 14.5. The van der Waals surface area contributed by atoms with Gasteiger partial charge in [-0.05, 0) is 49.4 Å². The number of nitrogens with zero attached hydrogens (tertiary/aromatic N) is 1. The molecular weight excluding hydrogens is 232 g/mol. The molecule has 1 aliphatic heterocycles. The molecule has 0 aromatic heterocycles. The van der Waals surface area contributed by atoms with E-state index in [1.165, 1.54) is 43.5 Å². The number of rotatable bonds is 5. The zero-order valence-electron chi connectivity index (χ0n) is 12.4. The summed E-state index contributed by atoms with van der Waals surface area (Å²) in [6.45, 7) is 7.97. The maximum Gasteiger partial charge on any atom is 0.0424 e. The van der Waals surface area contributed by atoms with Crippen LogP contribution in [0, 0.1) is 5.92 Å². The van der Waals surface area contributed by atoms with Crippen molar-refractivity contribution in [3.05, 3.63) is 35.4 Å². The molecule has 1 atom stereocenters. The number of hydrogen-bond acceptors (Lipinski definition) is 2. The van der Waals surface area contributed by atoms with Gasteiger partial charge in [-0.3, -0.25) is 0 Å². The van der Waals surface area contributed by atoms with Crippen LogP contribution in [-0.4, -0.2) is 24.5 Å². The second kappa shape index (κ2) is 7.06. The van der Waals surface area contributed by atoms with Gasteiger partial charge in [0.1, 0.15) is 0 Å². The highest BCUT2D eigenvalue weighted by molar-refractivity contribution is 5.25. The average molecular weight is 260 g/mol. The Hall–Kier alpha value is -0.860. The highest BCUT2D eigenvalue weighted by atomic mass is 15.1. The zero-order valence-corrected chi connectivity index (χ0v) is 12.4. The van der Waals surface area contributed by atoms with Crippen molar-refractivity contribution in [2.24, 2.45) is 11.7 Å². The van der Waals surface area contributed by atoms with Crippen LogP contribution in [0.15, 0.2) is 24.3 Å². The molecule has 1 aromatic carbocycles. The molecule has 1 unspecified atom stereocenters. The Balaban J connectivity index is 1.89. The monoisotopic (exact) mass is 260 g/mol. The highest BCUT2D eigenvalue weighted by Crippen LogP contribution is 2.17. The van der Waals surface area contributed by atoms with Crippen LogP contribution in [0.3, 0.4) is 0 Å². The van der Waals surface area contributed by atoms with Crippen molar-refractivity contribution in [1.82, 2.24) is 4.90 Å². The third kappa shape index (κ3) is 4.63. The molecule has 0 bridgehead atoms. The van der Waals surface area contributed by atoms with Gasteiger partial charge in [0.25, 0.3) is 0 Å². The number of benzene rings is 1. The Labute approximate surface area is 118 Å². The molecule has 2 N–H and O–H groups in total. The minimum Gasteiger partial charge on any atom is -0.323 e. The van der Waals surface area contributed by atoms with Crippen LogP contribution in [0.2, 0.25) is 0 Å². The molecule has 1 heterocycles. The van der Waals surface area contributed by atoms with Crippen molar-refractivity contribution in [3.63, 3.8) is 0 Å². The van der Waals surface area contributed by atoms with Crippen molar-refractivity contribution in [1.29, 1.82) is 0 Å².